The van der Waals surface area contributed by atoms with Crippen molar-refractivity contribution in [3.8, 4) is 0 Å². The van der Waals surface area contributed by atoms with Crippen molar-refractivity contribution in [3.05, 3.63) is 35.4 Å². The number of hydrogen-bond donors (Lipinski definition) is 0. The Kier molecular flexibility index (Phi) is 3.31. The summed E-state index contributed by atoms with van der Waals surface area (Å²) in [6.45, 7) is 0. The number of esters is 1. The summed E-state index contributed by atoms with van der Waals surface area (Å²) in [6.07, 6.45) is 3.71. The molecule has 1 aliphatic carbocycles. The first-order chi connectivity index (χ1) is 7.29. The van der Waals surface area contributed by atoms with Gasteiger partial charge in [0.2, 0.25) is 0 Å². The van der Waals surface area contributed by atoms with Crippen LogP contribution in [0.3, 0.4) is 0 Å². The van der Waals surface area contributed by atoms with Crippen LogP contribution in [0.2, 0.25) is 0 Å². The van der Waals surface area contributed by atoms with Crippen molar-refractivity contribution in [1.29, 1.82) is 0 Å². The molecule has 1 aromatic carbocycles. The maximum atomic E-state index is 11.3. The summed E-state index contributed by atoms with van der Waals surface area (Å²) in [5, 5.41) is 0. The van der Waals surface area contributed by atoms with E-state index in [1.165, 1.54) is 22.9 Å². The van der Waals surface area contributed by atoms with Gasteiger partial charge in [-0.3, -0.25) is 4.79 Å². The molecular formula is C12H14O2S. The highest BCUT2D eigenvalue weighted by atomic mass is 32.2. The van der Waals surface area contributed by atoms with Crippen LogP contribution in [0.1, 0.15) is 11.1 Å². The minimum absolute atomic E-state index is 0.0575. The topological polar surface area (TPSA) is 26.3 Å². The lowest BCUT2D eigenvalue weighted by molar-refractivity contribution is -0.145. The zero-order valence-electron chi connectivity index (χ0n) is 8.73. The highest BCUT2D eigenvalue weighted by Gasteiger charge is 2.23. The SMILES string of the molecule is CSCC(=O)OC1Cc2ccccc2C1. The van der Waals surface area contributed by atoms with Gasteiger partial charge in [0.1, 0.15) is 6.10 Å². The fourth-order valence-electron chi connectivity index (χ4n) is 1.94. The lowest BCUT2D eigenvalue weighted by Gasteiger charge is -2.10. The van der Waals surface area contributed by atoms with Gasteiger partial charge in [0.05, 0.1) is 5.75 Å². The van der Waals surface area contributed by atoms with Gasteiger partial charge in [0, 0.05) is 12.8 Å². The fourth-order valence-corrected chi connectivity index (χ4v) is 2.24. The molecule has 0 radical (unpaired) electrons. The molecule has 0 aromatic heterocycles. The number of carbonyl (C=O) groups is 1. The highest BCUT2D eigenvalue weighted by Crippen LogP contribution is 2.23. The second kappa shape index (κ2) is 4.71. The van der Waals surface area contributed by atoms with Crippen LogP contribution in [-0.4, -0.2) is 24.1 Å². The summed E-state index contributed by atoms with van der Waals surface area (Å²) in [5.41, 5.74) is 2.64. The molecule has 1 aliphatic rings. The zero-order chi connectivity index (χ0) is 10.7. The molecule has 0 fully saturated rings. The van der Waals surface area contributed by atoms with E-state index in [0.717, 1.165) is 12.8 Å². The van der Waals surface area contributed by atoms with Crippen LogP contribution in [0, 0.1) is 0 Å². The summed E-state index contributed by atoms with van der Waals surface area (Å²) in [5.74, 6) is 0.354. The van der Waals surface area contributed by atoms with Gasteiger partial charge >= 0.3 is 5.97 Å². The van der Waals surface area contributed by atoms with Crippen LogP contribution < -0.4 is 0 Å². The van der Waals surface area contributed by atoms with E-state index in [9.17, 15) is 4.79 Å². The molecule has 0 amide bonds. The number of hydrogen-bond acceptors (Lipinski definition) is 3. The summed E-state index contributed by atoms with van der Waals surface area (Å²) >= 11 is 1.50. The second-order valence-corrected chi connectivity index (χ2v) is 4.59. The van der Waals surface area contributed by atoms with Crippen LogP contribution in [-0.2, 0) is 22.4 Å². The van der Waals surface area contributed by atoms with Crippen molar-refractivity contribution in [1.82, 2.24) is 0 Å². The van der Waals surface area contributed by atoms with Crippen LogP contribution >= 0.6 is 11.8 Å². The van der Waals surface area contributed by atoms with Gasteiger partial charge in [-0.25, -0.2) is 0 Å². The van der Waals surface area contributed by atoms with Crippen LogP contribution in [0.5, 0.6) is 0 Å². The molecule has 1 aromatic rings. The van der Waals surface area contributed by atoms with Crippen LogP contribution in [0.15, 0.2) is 24.3 Å². The molecule has 3 heteroatoms. The molecule has 80 valence electrons. The Labute approximate surface area is 94.0 Å². The molecule has 0 spiro atoms. The monoisotopic (exact) mass is 222 g/mol. The van der Waals surface area contributed by atoms with Gasteiger partial charge in [-0.1, -0.05) is 24.3 Å². The minimum atomic E-state index is -0.0969. The fraction of sp³-hybridized carbons (Fsp3) is 0.417. The van der Waals surface area contributed by atoms with Gasteiger partial charge in [0.25, 0.3) is 0 Å². The van der Waals surface area contributed by atoms with Crippen LogP contribution in [0.25, 0.3) is 0 Å². The van der Waals surface area contributed by atoms with E-state index in [0.29, 0.717) is 5.75 Å². The number of ether oxygens (including phenoxy) is 1. The smallest absolute Gasteiger partial charge is 0.316 e. The molecular weight excluding hydrogens is 208 g/mol. The quantitative estimate of drug-likeness (QED) is 0.732. The molecule has 15 heavy (non-hydrogen) atoms. The first-order valence-electron chi connectivity index (χ1n) is 5.05. The van der Waals surface area contributed by atoms with Gasteiger partial charge in [-0.05, 0) is 17.4 Å². The highest BCUT2D eigenvalue weighted by molar-refractivity contribution is 7.99. The Morgan fingerprint density at radius 3 is 2.53 bits per heavy atom. The second-order valence-electron chi connectivity index (χ2n) is 3.72. The normalized spacial score (nSPS) is 15.0. The van der Waals surface area contributed by atoms with Crippen molar-refractivity contribution in [2.75, 3.05) is 12.0 Å². The van der Waals surface area contributed by atoms with Gasteiger partial charge in [-0.15, -0.1) is 0 Å². The van der Waals surface area contributed by atoms with E-state index in [1.807, 2.05) is 18.4 Å². The maximum Gasteiger partial charge on any atom is 0.316 e. The minimum Gasteiger partial charge on any atom is -0.461 e. The van der Waals surface area contributed by atoms with E-state index in [2.05, 4.69) is 12.1 Å². The number of benzene rings is 1. The van der Waals surface area contributed by atoms with Crippen molar-refractivity contribution in [3.63, 3.8) is 0 Å². The third kappa shape index (κ3) is 2.53. The molecule has 0 N–H and O–H groups in total. The summed E-state index contributed by atoms with van der Waals surface area (Å²) in [7, 11) is 0. The molecule has 0 saturated carbocycles. The molecule has 0 heterocycles. The molecule has 0 unspecified atom stereocenters. The van der Waals surface area contributed by atoms with Crippen molar-refractivity contribution >= 4 is 17.7 Å². The molecule has 0 saturated heterocycles. The lowest BCUT2D eigenvalue weighted by Crippen LogP contribution is -2.19. The Hall–Kier alpha value is -0.960. The third-order valence-corrected chi connectivity index (χ3v) is 3.10. The third-order valence-electron chi connectivity index (χ3n) is 2.57. The lowest BCUT2D eigenvalue weighted by atomic mass is 10.1. The number of carbonyl (C=O) groups excluding carboxylic acids is 1. The number of thioether (sulfide) groups is 1. The van der Waals surface area contributed by atoms with E-state index in [1.54, 1.807) is 0 Å². The summed E-state index contributed by atoms with van der Waals surface area (Å²) in [4.78, 5) is 11.3. The summed E-state index contributed by atoms with van der Waals surface area (Å²) in [6, 6.07) is 8.28. The van der Waals surface area contributed by atoms with E-state index in [-0.39, 0.29) is 12.1 Å². The Morgan fingerprint density at radius 2 is 2.00 bits per heavy atom. The average molecular weight is 222 g/mol. The van der Waals surface area contributed by atoms with E-state index < -0.39 is 0 Å². The van der Waals surface area contributed by atoms with Gasteiger partial charge in [-0.2, -0.15) is 11.8 Å². The first kappa shape index (κ1) is 10.6. The number of fused-ring (bicyclic) bond motifs is 1. The van der Waals surface area contributed by atoms with Crippen molar-refractivity contribution in [2.24, 2.45) is 0 Å². The van der Waals surface area contributed by atoms with Gasteiger partial charge < -0.3 is 4.74 Å². The molecule has 2 rings (SSSR count). The van der Waals surface area contributed by atoms with E-state index >= 15 is 0 Å². The number of rotatable bonds is 3. The summed E-state index contributed by atoms with van der Waals surface area (Å²) < 4.78 is 5.37. The Balaban J connectivity index is 1.93. The Morgan fingerprint density at radius 1 is 1.40 bits per heavy atom. The molecule has 0 bridgehead atoms. The molecule has 0 atom stereocenters. The maximum absolute atomic E-state index is 11.3. The van der Waals surface area contributed by atoms with Crippen molar-refractivity contribution < 1.29 is 9.53 Å². The Bertz CT molecular complexity index is 337. The predicted octanol–water partition coefficient (Wildman–Crippen LogP) is 2.06. The molecule has 2 nitrogen and oxygen atoms in total. The average Bonchev–Trinajstić information content (AvgIpc) is 2.59. The molecule has 0 aliphatic heterocycles. The van der Waals surface area contributed by atoms with Crippen molar-refractivity contribution in [2.45, 2.75) is 18.9 Å². The van der Waals surface area contributed by atoms with Crippen LogP contribution in [0.4, 0.5) is 0 Å². The largest absolute Gasteiger partial charge is 0.461 e. The first-order valence-corrected chi connectivity index (χ1v) is 6.44. The standard InChI is InChI=1S/C12H14O2S/c1-15-8-12(13)14-11-6-9-4-2-3-5-10(9)7-11/h2-5,11H,6-8H2,1H3. The zero-order valence-corrected chi connectivity index (χ0v) is 9.55. The van der Waals surface area contributed by atoms with E-state index in [4.69, 9.17) is 4.74 Å². The predicted molar refractivity (Wildman–Crippen MR) is 62.1 cm³/mol. The van der Waals surface area contributed by atoms with Gasteiger partial charge in [0.15, 0.2) is 0 Å².